The molecule has 2 aromatic rings. The molecule has 0 radical (unpaired) electrons. The molecule has 1 aliphatic heterocycles. The normalized spacial score (nSPS) is 16.0. The van der Waals surface area contributed by atoms with Gasteiger partial charge in [-0.2, -0.15) is 13.2 Å². The predicted octanol–water partition coefficient (Wildman–Crippen LogP) is 5.08. The number of carbonyl (C=O) groups is 1. The van der Waals surface area contributed by atoms with Gasteiger partial charge in [0.2, 0.25) is 0 Å². The average Bonchev–Trinajstić information content (AvgIpc) is 3.16. The van der Waals surface area contributed by atoms with Crippen molar-refractivity contribution in [3.8, 4) is 0 Å². The van der Waals surface area contributed by atoms with Crippen LogP contribution in [-0.4, -0.2) is 35.8 Å². The third-order valence-corrected chi connectivity index (χ3v) is 4.83. The molecule has 0 bridgehead atoms. The number of urea groups is 1. The molecule has 2 amide bonds. The van der Waals surface area contributed by atoms with Crippen LogP contribution in [0.1, 0.15) is 30.0 Å². The van der Waals surface area contributed by atoms with E-state index in [-0.39, 0.29) is 19.1 Å². The minimum atomic E-state index is -4.44. The topological polar surface area (TPSA) is 53.9 Å². The zero-order valence-corrected chi connectivity index (χ0v) is 17.0. The van der Waals surface area contributed by atoms with Crippen LogP contribution in [0.3, 0.4) is 0 Å². The number of nitrogens with one attached hydrogen (secondary N) is 1. The van der Waals surface area contributed by atoms with Crippen molar-refractivity contribution in [3.63, 3.8) is 0 Å². The van der Waals surface area contributed by atoms with Gasteiger partial charge in [-0.1, -0.05) is 41.0 Å². The van der Waals surface area contributed by atoms with Gasteiger partial charge in [0, 0.05) is 24.5 Å². The maximum Gasteiger partial charge on any atom is 0.416 e. The Labute approximate surface area is 177 Å². The number of hydrogen-bond acceptors (Lipinski definition) is 3. The van der Waals surface area contributed by atoms with E-state index in [0.717, 1.165) is 23.4 Å². The molecule has 30 heavy (non-hydrogen) atoms. The standard InChI is InChI=1S/C21H21ClF3N3O2/c1-2-26-20(29)28(12-14-4-3-5-16(10-14)21(23,24)25)13-18-11-19(27-30-18)15-6-8-17(22)9-7-15/h3-10,18H,2,11-13H2,1H3,(H,26,29). The number of oxime groups is 1. The van der Waals surface area contributed by atoms with Gasteiger partial charge in [-0.05, 0) is 42.3 Å². The second-order valence-corrected chi connectivity index (χ2v) is 7.33. The van der Waals surface area contributed by atoms with Gasteiger partial charge in [0.1, 0.15) is 0 Å². The second-order valence-electron chi connectivity index (χ2n) is 6.89. The molecule has 160 valence electrons. The quantitative estimate of drug-likeness (QED) is 0.682. The number of carbonyl (C=O) groups excluding carboxylic acids is 1. The Morgan fingerprint density at radius 3 is 2.67 bits per heavy atom. The van der Waals surface area contributed by atoms with E-state index >= 15 is 0 Å². The molecule has 2 aromatic carbocycles. The van der Waals surface area contributed by atoms with Crippen molar-refractivity contribution in [2.24, 2.45) is 5.16 Å². The molecular weight excluding hydrogens is 419 g/mol. The monoisotopic (exact) mass is 439 g/mol. The molecule has 3 rings (SSSR count). The zero-order chi connectivity index (χ0) is 21.7. The third-order valence-electron chi connectivity index (χ3n) is 4.58. The van der Waals surface area contributed by atoms with Crippen molar-refractivity contribution in [3.05, 3.63) is 70.2 Å². The minimum Gasteiger partial charge on any atom is -0.390 e. The smallest absolute Gasteiger partial charge is 0.390 e. The van der Waals surface area contributed by atoms with Crippen LogP contribution >= 0.6 is 11.6 Å². The zero-order valence-electron chi connectivity index (χ0n) is 16.2. The van der Waals surface area contributed by atoms with Gasteiger partial charge in [0.25, 0.3) is 0 Å². The van der Waals surface area contributed by atoms with E-state index < -0.39 is 17.8 Å². The maximum atomic E-state index is 13.0. The van der Waals surface area contributed by atoms with Crippen LogP contribution in [0, 0.1) is 0 Å². The summed E-state index contributed by atoms with van der Waals surface area (Å²) in [4.78, 5) is 19.4. The van der Waals surface area contributed by atoms with Crippen LogP contribution < -0.4 is 5.32 Å². The molecule has 1 atom stereocenters. The third kappa shape index (κ3) is 5.66. The Morgan fingerprint density at radius 2 is 2.00 bits per heavy atom. The second kappa shape index (κ2) is 9.38. The van der Waals surface area contributed by atoms with Crippen molar-refractivity contribution in [2.45, 2.75) is 32.2 Å². The van der Waals surface area contributed by atoms with Crippen molar-refractivity contribution in [1.82, 2.24) is 10.2 Å². The highest BCUT2D eigenvalue weighted by molar-refractivity contribution is 6.30. The van der Waals surface area contributed by atoms with Gasteiger partial charge < -0.3 is 15.1 Å². The molecule has 1 aliphatic rings. The van der Waals surface area contributed by atoms with Crippen LogP contribution in [0.25, 0.3) is 0 Å². The number of amides is 2. The molecular formula is C21H21ClF3N3O2. The first-order valence-corrected chi connectivity index (χ1v) is 9.81. The van der Waals surface area contributed by atoms with Crippen molar-refractivity contribution in [1.29, 1.82) is 0 Å². The van der Waals surface area contributed by atoms with E-state index in [9.17, 15) is 18.0 Å². The van der Waals surface area contributed by atoms with E-state index in [1.165, 1.54) is 11.0 Å². The van der Waals surface area contributed by atoms with Crippen molar-refractivity contribution >= 4 is 23.3 Å². The lowest BCUT2D eigenvalue weighted by atomic mass is 10.0. The van der Waals surface area contributed by atoms with Crippen LogP contribution in [0.5, 0.6) is 0 Å². The number of hydrogen-bond donors (Lipinski definition) is 1. The maximum absolute atomic E-state index is 13.0. The number of nitrogens with zero attached hydrogens (tertiary/aromatic N) is 2. The Bertz CT molecular complexity index is 916. The van der Waals surface area contributed by atoms with Crippen molar-refractivity contribution in [2.75, 3.05) is 13.1 Å². The number of benzene rings is 2. The summed E-state index contributed by atoms with van der Waals surface area (Å²) in [5, 5.41) is 7.40. The first kappa shape index (κ1) is 22.0. The van der Waals surface area contributed by atoms with Gasteiger partial charge in [0.15, 0.2) is 6.10 Å². The molecule has 1 heterocycles. The Hall–Kier alpha value is -2.74. The molecule has 0 aromatic heterocycles. The molecule has 5 nitrogen and oxygen atoms in total. The fourth-order valence-electron chi connectivity index (χ4n) is 3.13. The van der Waals surface area contributed by atoms with Crippen LogP contribution in [-0.2, 0) is 17.6 Å². The van der Waals surface area contributed by atoms with E-state index in [1.54, 1.807) is 25.1 Å². The summed E-state index contributed by atoms with van der Waals surface area (Å²) in [5.74, 6) is 0. The summed E-state index contributed by atoms with van der Waals surface area (Å²) in [7, 11) is 0. The highest BCUT2D eigenvalue weighted by Crippen LogP contribution is 2.30. The highest BCUT2D eigenvalue weighted by Gasteiger charge is 2.31. The number of alkyl halides is 3. The lowest BCUT2D eigenvalue weighted by Crippen LogP contribution is -2.43. The molecule has 1 N–H and O–H groups in total. The largest absolute Gasteiger partial charge is 0.416 e. The van der Waals surface area contributed by atoms with E-state index in [4.69, 9.17) is 16.4 Å². The molecule has 0 spiro atoms. The minimum absolute atomic E-state index is 0.0197. The first-order valence-electron chi connectivity index (χ1n) is 9.43. The summed E-state index contributed by atoms with van der Waals surface area (Å²) in [6.45, 7) is 2.37. The van der Waals surface area contributed by atoms with Gasteiger partial charge in [-0.3, -0.25) is 0 Å². The molecule has 0 saturated carbocycles. The van der Waals surface area contributed by atoms with Gasteiger partial charge in [-0.25, -0.2) is 4.79 Å². The first-order chi connectivity index (χ1) is 14.3. The summed E-state index contributed by atoms with van der Waals surface area (Å²) in [5.41, 5.74) is 1.23. The SMILES string of the molecule is CCNC(=O)N(Cc1cccc(C(F)(F)F)c1)CC1CC(c2ccc(Cl)cc2)=NO1. The molecule has 0 saturated heterocycles. The molecule has 1 unspecified atom stereocenters. The molecule has 9 heteroatoms. The summed E-state index contributed by atoms with van der Waals surface area (Å²) >= 11 is 5.90. The Balaban J connectivity index is 1.69. The average molecular weight is 440 g/mol. The lowest BCUT2D eigenvalue weighted by Gasteiger charge is -2.25. The van der Waals surface area contributed by atoms with Gasteiger partial charge in [0.05, 0.1) is 17.8 Å². The Kier molecular flexibility index (Phi) is 6.87. The highest BCUT2D eigenvalue weighted by atomic mass is 35.5. The Morgan fingerprint density at radius 1 is 1.27 bits per heavy atom. The van der Waals surface area contributed by atoms with E-state index in [0.29, 0.717) is 23.6 Å². The number of halogens is 4. The van der Waals surface area contributed by atoms with E-state index in [2.05, 4.69) is 10.5 Å². The van der Waals surface area contributed by atoms with Crippen LogP contribution in [0.2, 0.25) is 5.02 Å². The fourth-order valence-corrected chi connectivity index (χ4v) is 3.26. The van der Waals surface area contributed by atoms with Crippen LogP contribution in [0.4, 0.5) is 18.0 Å². The van der Waals surface area contributed by atoms with Crippen molar-refractivity contribution < 1.29 is 22.8 Å². The lowest BCUT2D eigenvalue weighted by molar-refractivity contribution is -0.137. The van der Waals surface area contributed by atoms with Crippen LogP contribution in [0.15, 0.2) is 53.7 Å². The van der Waals surface area contributed by atoms with Gasteiger partial charge >= 0.3 is 12.2 Å². The summed E-state index contributed by atoms with van der Waals surface area (Å²) < 4.78 is 39.0. The van der Waals surface area contributed by atoms with Gasteiger partial charge in [-0.15, -0.1) is 0 Å². The summed E-state index contributed by atoms with van der Waals surface area (Å²) in [6.07, 6.45) is -4.37. The predicted molar refractivity (Wildman–Crippen MR) is 108 cm³/mol. The summed E-state index contributed by atoms with van der Waals surface area (Å²) in [6, 6.07) is 11.7. The molecule has 0 aliphatic carbocycles. The fraction of sp³-hybridized carbons (Fsp3) is 0.333. The number of rotatable bonds is 6. The van der Waals surface area contributed by atoms with E-state index in [1.807, 2.05) is 12.1 Å². The molecule has 0 fully saturated rings.